The number of benzene rings is 2. The van der Waals surface area contributed by atoms with Gasteiger partial charge in [-0.05, 0) is 54.0 Å². The lowest BCUT2D eigenvalue weighted by Crippen LogP contribution is -2.34. The maximum absolute atomic E-state index is 12.7. The van der Waals surface area contributed by atoms with E-state index < -0.39 is 0 Å². The lowest BCUT2D eigenvalue weighted by molar-refractivity contribution is -0.125. The van der Waals surface area contributed by atoms with Crippen molar-refractivity contribution in [1.82, 2.24) is 9.80 Å². The molecule has 0 radical (unpaired) electrons. The van der Waals surface area contributed by atoms with E-state index in [1.165, 1.54) is 5.56 Å². The van der Waals surface area contributed by atoms with E-state index in [4.69, 9.17) is 21.6 Å². The first-order chi connectivity index (χ1) is 15.1. The van der Waals surface area contributed by atoms with Gasteiger partial charge in [0.1, 0.15) is 12.4 Å². The summed E-state index contributed by atoms with van der Waals surface area (Å²) >= 11 is 6.06. The van der Waals surface area contributed by atoms with E-state index in [0.717, 1.165) is 49.5 Å². The van der Waals surface area contributed by atoms with Gasteiger partial charge in [0, 0.05) is 49.4 Å². The average molecular weight is 434 g/mol. The summed E-state index contributed by atoms with van der Waals surface area (Å²) in [6.07, 6.45) is 6.43. The van der Waals surface area contributed by atoms with Gasteiger partial charge in [0.2, 0.25) is 5.91 Å². The monoisotopic (exact) mass is 433 g/mol. The molecule has 1 fully saturated rings. The fourth-order valence-corrected chi connectivity index (χ4v) is 4.02. The van der Waals surface area contributed by atoms with Crippen LogP contribution in [-0.2, 0) is 11.3 Å². The number of fused-ring (bicyclic) bond motifs is 1. The third-order valence-electron chi connectivity index (χ3n) is 5.54. The van der Waals surface area contributed by atoms with Crippen LogP contribution in [0.3, 0.4) is 0 Å². The van der Waals surface area contributed by atoms with Crippen LogP contribution < -0.4 is 4.74 Å². The van der Waals surface area contributed by atoms with Crippen LogP contribution in [0.2, 0.25) is 5.02 Å². The number of carbonyl (C=O) groups excluding carboxylic acids is 1. The van der Waals surface area contributed by atoms with Crippen molar-refractivity contribution in [3.8, 4) is 11.8 Å². The third kappa shape index (κ3) is 5.55. The molecule has 1 saturated heterocycles. The van der Waals surface area contributed by atoms with E-state index in [2.05, 4.69) is 11.0 Å². The van der Waals surface area contributed by atoms with Gasteiger partial charge in [-0.2, -0.15) is 5.26 Å². The molecular weight excluding hydrogens is 410 g/mol. The molecule has 2 aliphatic rings. The van der Waals surface area contributed by atoms with Crippen LogP contribution in [0.25, 0.3) is 6.08 Å². The van der Waals surface area contributed by atoms with Gasteiger partial charge >= 0.3 is 0 Å². The summed E-state index contributed by atoms with van der Waals surface area (Å²) in [5.74, 6) is 0.834. The molecule has 6 heteroatoms. The van der Waals surface area contributed by atoms with E-state index in [0.29, 0.717) is 23.7 Å². The highest BCUT2D eigenvalue weighted by Gasteiger charge is 2.18. The van der Waals surface area contributed by atoms with Gasteiger partial charge in [0.25, 0.3) is 0 Å². The fraction of sp³-hybridized carbons (Fsp3) is 0.280. The summed E-state index contributed by atoms with van der Waals surface area (Å²) in [5.41, 5.74) is 3.73. The highest BCUT2D eigenvalue weighted by molar-refractivity contribution is 6.30. The van der Waals surface area contributed by atoms with E-state index in [9.17, 15) is 4.79 Å². The van der Waals surface area contributed by atoms with Crippen molar-refractivity contribution >= 4 is 23.6 Å². The molecular formula is C25H24ClN3O2. The van der Waals surface area contributed by atoms with Gasteiger partial charge in [-0.3, -0.25) is 9.69 Å². The van der Waals surface area contributed by atoms with Crippen LogP contribution >= 0.6 is 11.6 Å². The molecule has 0 saturated carbocycles. The number of carbonyl (C=O) groups is 1. The third-order valence-corrected chi connectivity index (χ3v) is 5.77. The molecule has 158 valence electrons. The van der Waals surface area contributed by atoms with E-state index in [-0.39, 0.29) is 5.91 Å². The van der Waals surface area contributed by atoms with Crippen molar-refractivity contribution in [2.24, 2.45) is 0 Å². The van der Waals surface area contributed by atoms with Gasteiger partial charge in [-0.15, -0.1) is 0 Å². The van der Waals surface area contributed by atoms with Crippen molar-refractivity contribution in [2.45, 2.75) is 13.0 Å². The Balaban J connectivity index is 1.33. The molecule has 4 rings (SSSR count). The minimum Gasteiger partial charge on any atom is -0.488 e. The Morgan fingerprint density at radius 2 is 1.97 bits per heavy atom. The van der Waals surface area contributed by atoms with Crippen molar-refractivity contribution in [1.29, 1.82) is 5.26 Å². The number of rotatable bonds is 4. The summed E-state index contributed by atoms with van der Waals surface area (Å²) in [6.45, 7) is 4.50. The summed E-state index contributed by atoms with van der Waals surface area (Å²) in [6, 6.07) is 15.4. The highest BCUT2D eigenvalue weighted by Crippen LogP contribution is 2.29. The van der Waals surface area contributed by atoms with Crippen LogP contribution in [0, 0.1) is 11.3 Å². The molecule has 0 spiro atoms. The summed E-state index contributed by atoms with van der Waals surface area (Å²) < 4.78 is 5.75. The number of nitriles is 1. The summed E-state index contributed by atoms with van der Waals surface area (Å²) in [7, 11) is 0. The largest absolute Gasteiger partial charge is 0.488 e. The quantitative estimate of drug-likeness (QED) is 0.675. The predicted octanol–water partition coefficient (Wildman–Crippen LogP) is 4.28. The molecule has 2 aromatic rings. The molecule has 2 aromatic carbocycles. The van der Waals surface area contributed by atoms with Crippen molar-refractivity contribution in [2.75, 3.05) is 32.8 Å². The smallest absolute Gasteiger partial charge is 0.246 e. The maximum atomic E-state index is 12.7. The first-order valence-electron chi connectivity index (χ1n) is 10.4. The molecule has 2 aliphatic heterocycles. The van der Waals surface area contributed by atoms with Gasteiger partial charge in [-0.1, -0.05) is 29.8 Å². The van der Waals surface area contributed by atoms with Crippen LogP contribution in [0.4, 0.5) is 0 Å². The lowest BCUT2D eigenvalue weighted by atomic mass is 10.1. The second-order valence-electron chi connectivity index (χ2n) is 7.79. The molecule has 0 unspecified atom stereocenters. The molecule has 1 amide bonds. The van der Waals surface area contributed by atoms with Crippen LogP contribution in [0.15, 0.2) is 60.2 Å². The van der Waals surface area contributed by atoms with E-state index in [1.807, 2.05) is 59.5 Å². The van der Waals surface area contributed by atoms with Crippen LogP contribution in [-0.4, -0.2) is 48.5 Å². The van der Waals surface area contributed by atoms with Crippen molar-refractivity contribution in [3.05, 3.63) is 81.9 Å². The van der Waals surface area contributed by atoms with Crippen molar-refractivity contribution < 1.29 is 9.53 Å². The Hall–Kier alpha value is -3.07. The molecule has 5 nitrogen and oxygen atoms in total. The first-order valence-corrected chi connectivity index (χ1v) is 10.8. The number of amides is 1. The molecule has 0 N–H and O–H groups in total. The Kier molecular flexibility index (Phi) is 6.71. The molecule has 2 heterocycles. The number of hydrogen-bond donors (Lipinski definition) is 0. The molecule has 31 heavy (non-hydrogen) atoms. The minimum absolute atomic E-state index is 0.0259. The molecule has 0 atom stereocenters. The highest BCUT2D eigenvalue weighted by atomic mass is 35.5. The van der Waals surface area contributed by atoms with Crippen molar-refractivity contribution in [3.63, 3.8) is 0 Å². The number of nitrogens with zero attached hydrogens (tertiary/aromatic N) is 3. The Bertz CT molecular complexity index is 1050. The Morgan fingerprint density at radius 1 is 1.13 bits per heavy atom. The standard InChI is InChI=1S/C25H24ClN3O2/c26-23-7-8-24-22(15-23)14-21(18-31-24)6-9-25(30)29-11-1-10-28(12-13-29)17-20-4-2-19(16-27)3-5-20/h2-9,14-15H,1,10-13,17-18H2/b9-6+. The molecule has 0 bridgehead atoms. The normalized spacial score (nSPS) is 16.8. The molecule has 0 aromatic heterocycles. The number of hydrogen-bond acceptors (Lipinski definition) is 4. The SMILES string of the molecule is N#Cc1ccc(CN2CCCN(C(=O)/C=C/C3=Cc4cc(Cl)ccc4OC3)CC2)cc1. The second-order valence-corrected chi connectivity index (χ2v) is 8.22. The zero-order valence-electron chi connectivity index (χ0n) is 17.3. The zero-order valence-corrected chi connectivity index (χ0v) is 18.0. The van der Waals surface area contributed by atoms with E-state index >= 15 is 0 Å². The van der Waals surface area contributed by atoms with E-state index in [1.54, 1.807) is 6.08 Å². The number of ether oxygens (including phenoxy) is 1. The topological polar surface area (TPSA) is 56.6 Å². The molecule has 0 aliphatic carbocycles. The maximum Gasteiger partial charge on any atom is 0.246 e. The Labute approximate surface area is 187 Å². The Morgan fingerprint density at radius 3 is 2.77 bits per heavy atom. The lowest BCUT2D eigenvalue weighted by Gasteiger charge is -2.21. The van der Waals surface area contributed by atoms with Gasteiger partial charge in [0.15, 0.2) is 0 Å². The second kappa shape index (κ2) is 9.82. The van der Waals surface area contributed by atoms with Crippen LogP contribution in [0.5, 0.6) is 5.75 Å². The summed E-state index contributed by atoms with van der Waals surface area (Å²) in [5, 5.41) is 9.59. The van der Waals surface area contributed by atoms with Gasteiger partial charge in [0.05, 0.1) is 11.6 Å². The van der Waals surface area contributed by atoms with Gasteiger partial charge in [-0.25, -0.2) is 0 Å². The van der Waals surface area contributed by atoms with Crippen LogP contribution in [0.1, 0.15) is 23.1 Å². The summed E-state index contributed by atoms with van der Waals surface area (Å²) in [4.78, 5) is 17.0. The fourth-order valence-electron chi connectivity index (χ4n) is 3.84. The van der Waals surface area contributed by atoms with Gasteiger partial charge < -0.3 is 9.64 Å². The first kappa shape index (κ1) is 21.2. The number of halogens is 1. The predicted molar refractivity (Wildman–Crippen MR) is 122 cm³/mol. The minimum atomic E-state index is 0.0259. The zero-order chi connectivity index (χ0) is 21.6. The average Bonchev–Trinajstić information content (AvgIpc) is 3.03.